The summed E-state index contributed by atoms with van der Waals surface area (Å²) in [6.45, 7) is 2.08. The number of likely N-dealkylation sites (tertiary alicyclic amines) is 1. The third kappa shape index (κ3) is 3.02. The van der Waals surface area contributed by atoms with Crippen LogP contribution in [0.1, 0.15) is 34.6 Å². The number of nitrogens with zero attached hydrogens (tertiary/aromatic N) is 1. The first-order chi connectivity index (χ1) is 13.7. The first kappa shape index (κ1) is 17.5. The predicted molar refractivity (Wildman–Crippen MR) is 110 cm³/mol. The second kappa shape index (κ2) is 7.10. The van der Waals surface area contributed by atoms with Crippen molar-refractivity contribution in [1.82, 2.24) is 4.90 Å². The molecule has 1 aliphatic heterocycles. The Labute approximate surface area is 165 Å². The van der Waals surface area contributed by atoms with Gasteiger partial charge in [0, 0.05) is 30.0 Å². The molecule has 2 aromatic carbocycles. The Balaban J connectivity index is 1.35. The Morgan fingerprint density at radius 1 is 1.11 bits per heavy atom. The summed E-state index contributed by atoms with van der Waals surface area (Å²) in [5.74, 6) is 0.801. The Kier molecular flexibility index (Phi) is 4.44. The van der Waals surface area contributed by atoms with Gasteiger partial charge >= 0.3 is 0 Å². The molecule has 0 saturated carbocycles. The second-order valence-corrected chi connectivity index (χ2v) is 8.22. The number of fused-ring (bicyclic) bond motifs is 2. The van der Waals surface area contributed by atoms with Gasteiger partial charge in [0.15, 0.2) is 0 Å². The molecule has 2 heterocycles. The van der Waals surface area contributed by atoms with Crippen molar-refractivity contribution >= 4 is 16.9 Å². The Morgan fingerprint density at radius 3 is 2.68 bits per heavy atom. The summed E-state index contributed by atoms with van der Waals surface area (Å²) in [7, 11) is 0. The van der Waals surface area contributed by atoms with Crippen molar-refractivity contribution in [3.05, 3.63) is 71.0 Å². The molecule has 4 nitrogen and oxygen atoms in total. The second-order valence-electron chi connectivity index (χ2n) is 8.22. The topological polar surface area (TPSA) is 59.5 Å². The molecule has 2 aliphatic rings. The number of aryl methyl sites for hydroxylation is 2. The van der Waals surface area contributed by atoms with Crippen molar-refractivity contribution in [3.8, 4) is 0 Å². The van der Waals surface area contributed by atoms with Gasteiger partial charge in [0.2, 0.25) is 5.91 Å². The number of amides is 1. The standard InChI is InChI=1S/C24H26N2O2/c25-12-20-13-26(14-22(20)16-5-2-1-3-6-16)24(27)11-19-15-28-23-10-18-8-4-7-17(18)9-21(19)23/h1-3,5-6,9-10,15,20,22H,4,7-8,11-14,25H2/t20-,22+/m1/s1. The molecular formula is C24H26N2O2. The largest absolute Gasteiger partial charge is 0.464 e. The van der Waals surface area contributed by atoms with Crippen LogP contribution in [0.15, 0.2) is 53.1 Å². The number of carbonyl (C=O) groups is 1. The van der Waals surface area contributed by atoms with Gasteiger partial charge in [-0.2, -0.15) is 0 Å². The van der Waals surface area contributed by atoms with Crippen LogP contribution in [0.25, 0.3) is 11.0 Å². The highest BCUT2D eigenvalue weighted by Gasteiger charge is 2.35. The number of hydrogen-bond acceptors (Lipinski definition) is 3. The molecule has 0 bridgehead atoms. The van der Waals surface area contributed by atoms with Crippen LogP contribution in [0, 0.1) is 5.92 Å². The molecule has 3 aromatic rings. The zero-order chi connectivity index (χ0) is 19.1. The van der Waals surface area contributed by atoms with E-state index >= 15 is 0 Å². The fraction of sp³-hybridized carbons (Fsp3) is 0.375. The maximum Gasteiger partial charge on any atom is 0.227 e. The average molecular weight is 374 g/mol. The van der Waals surface area contributed by atoms with Crippen LogP contribution < -0.4 is 5.73 Å². The van der Waals surface area contributed by atoms with Gasteiger partial charge in [0.1, 0.15) is 5.58 Å². The highest BCUT2D eigenvalue weighted by atomic mass is 16.3. The third-order valence-electron chi connectivity index (χ3n) is 6.53. The summed E-state index contributed by atoms with van der Waals surface area (Å²) in [6, 6.07) is 14.8. The smallest absolute Gasteiger partial charge is 0.227 e. The third-order valence-corrected chi connectivity index (χ3v) is 6.53. The first-order valence-corrected chi connectivity index (χ1v) is 10.3. The Hall–Kier alpha value is -2.59. The van der Waals surface area contributed by atoms with E-state index in [1.165, 1.54) is 23.1 Å². The van der Waals surface area contributed by atoms with E-state index < -0.39 is 0 Å². The summed E-state index contributed by atoms with van der Waals surface area (Å²) in [6.07, 6.45) is 5.64. The zero-order valence-corrected chi connectivity index (χ0v) is 16.1. The van der Waals surface area contributed by atoms with Crippen LogP contribution in [-0.2, 0) is 24.1 Å². The van der Waals surface area contributed by atoms with Crippen molar-refractivity contribution in [2.45, 2.75) is 31.6 Å². The SMILES string of the molecule is NC[C@@H]1CN(C(=O)Cc2coc3cc4c(cc23)CCC4)C[C@H]1c1ccccc1. The predicted octanol–water partition coefficient (Wildman–Crippen LogP) is 3.66. The van der Waals surface area contributed by atoms with Gasteiger partial charge in [-0.3, -0.25) is 4.79 Å². The zero-order valence-electron chi connectivity index (χ0n) is 16.1. The Bertz CT molecular complexity index is 1010. The van der Waals surface area contributed by atoms with E-state index in [1.807, 2.05) is 11.0 Å². The van der Waals surface area contributed by atoms with Crippen LogP contribution in [0.4, 0.5) is 0 Å². The molecule has 5 rings (SSSR count). The van der Waals surface area contributed by atoms with E-state index in [4.69, 9.17) is 10.2 Å². The van der Waals surface area contributed by atoms with Gasteiger partial charge in [-0.25, -0.2) is 0 Å². The average Bonchev–Trinajstić information content (AvgIpc) is 3.45. The molecule has 144 valence electrons. The molecule has 1 saturated heterocycles. The molecule has 4 heteroatoms. The summed E-state index contributed by atoms with van der Waals surface area (Å²) in [5, 5.41) is 1.10. The van der Waals surface area contributed by atoms with Crippen LogP contribution in [0.2, 0.25) is 0 Å². The first-order valence-electron chi connectivity index (χ1n) is 10.3. The summed E-state index contributed by atoms with van der Waals surface area (Å²) in [4.78, 5) is 15.1. The highest BCUT2D eigenvalue weighted by molar-refractivity contribution is 5.89. The molecule has 28 heavy (non-hydrogen) atoms. The molecule has 1 aliphatic carbocycles. The van der Waals surface area contributed by atoms with Crippen molar-refractivity contribution in [1.29, 1.82) is 0 Å². The lowest BCUT2D eigenvalue weighted by atomic mass is 9.89. The number of benzene rings is 2. The minimum atomic E-state index is 0.167. The van der Waals surface area contributed by atoms with Gasteiger partial charge in [0.05, 0.1) is 12.7 Å². The number of hydrogen-bond donors (Lipinski definition) is 1. The minimum absolute atomic E-state index is 0.167. The van der Waals surface area contributed by atoms with Crippen molar-refractivity contribution in [2.24, 2.45) is 11.7 Å². The van der Waals surface area contributed by atoms with Gasteiger partial charge < -0.3 is 15.1 Å². The molecule has 1 fully saturated rings. The molecule has 2 atom stereocenters. The summed E-state index contributed by atoms with van der Waals surface area (Å²) < 4.78 is 5.78. The highest BCUT2D eigenvalue weighted by Crippen LogP contribution is 2.34. The maximum atomic E-state index is 13.1. The van der Waals surface area contributed by atoms with Crippen molar-refractivity contribution in [3.63, 3.8) is 0 Å². The quantitative estimate of drug-likeness (QED) is 0.758. The summed E-state index contributed by atoms with van der Waals surface area (Å²) >= 11 is 0. The van der Waals surface area contributed by atoms with E-state index in [9.17, 15) is 4.79 Å². The fourth-order valence-corrected chi connectivity index (χ4v) is 4.95. The normalized spacial score (nSPS) is 21.4. The van der Waals surface area contributed by atoms with Crippen LogP contribution in [0.3, 0.4) is 0 Å². The Morgan fingerprint density at radius 2 is 1.89 bits per heavy atom. The van der Waals surface area contributed by atoms with Crippen LogP contribution in [0.5, 0.6) is 0 Å². The monoisotopic (exact) mass is 374 g/mol. The molecular weight excluding hydrogens is 348 g/mol. The lowest BCUT2D eigenvalue weighted by molar-refractivity contribution is -0.129. The van der Waals surface area contributed by atoms with Crippen LogP contribution >= 0.6 is 0 Å². The number of nitrogens with two attached hydrogens (primary N) is 1. The van der Waals surface area contributed by atoms with E-state index in [-0.39, 0.29) is 5.91 Å². The molecule has 0 radical (unpaired) electrons. The summed E-state index contributed by atoms with van der Waals surface area (Å²) in [5.41, 5.74) is 12.0. The minimum Gasteiger partial charge on any atom is -0.464 e. The van der Waals surface area contributed by atoms with Gasteiger partial charge in [0.25, 0.3) is 0 Å². The lowest BCUT2D eigenvalue weighted by Gasteiger charge is -2.16. The van der Waals surface area contributed by atoms with Gasteiger partial charge in [-0.05, 0) is 60.5 Å². The number of carbonyl (C=O) groups excluding carboxylic acids is 1. The van der Waals surface area contributed by atoms with E-state index in [2.05, 4.69) is 36.4 Å². The molecule has 0 spiro atoms. The maximum absolute atomic E-state index is 13.1. The van der Waals surface area contributed by atoms with E-state index in [0.29, 0.717) is 24.8 Å². The molecule has 1 aromatic heterocycles. The van der Waals surface area contributed by atoms with Gasteiger partial charge in [-0.1, -0.05) is 30.3 Å². The van der Waals surface area contributed by atoms with Crippen molar-refractivity contribution < 1.29 is 9.21 Å². The molecule has 2 N–H and O–H groups in total. The number of furan rings is 1. The lowest BCUT2D eigenvalue weighted by Crippen LogP contribution is -2.31. The fourth-order valence-electron chi connectivity index (χ4n) is 4.95. The van der Waals surface area contributed by atoms with E-state index in [1.54, 1.807) is 6.26 Å². The van der Waals surface area contributed by atoms with E-state index in [0.717, 1.165) is 42.5 Å². The number of rotatable bonds is 4. The van der Waals surface area contributed by atoms with Crippen LogP contribution in [-0.4, -0.2) is 30.4 Å². The molecule has 0 unspecified atom stereocenters. The van der Waals surface area contributed by atoms with Crippen molar-refractivity contribution in [2.75, 3.05) is 19.6 Å². The molecule has 1 amide bonds. The van der Waals surface area contributed by atoms with Gasteiger partial charge in [-0.15, -0.1) is 0 Å².